The summed E-state index contributed by atoms with van der Waals surface area (Å²) >= 11 is 0. The lowest BCUT2D eigenvalue weighted by molar-refractivity contribution is 0.567. The molecule has 2 aromatic carbocycles. The maximum absolute atomic E-state index is 13.5. The van der Waals surface area contributed by atoms with Crippen LogP contribution in [0.1, 0.15) is 43.7 Å². The third kappa shape index (κ3) is 4.02. The van der Waals surface area contributed by atoms with Crippen LogP contribution in [-0.4, -0.2) is 30.4 Å². The van der Waals surface area contributed by atoms with Gasteiger partial charge in [-0.25, -0.2) is 15.0 Å². The number of para-hydroxylation sites is 2. The van der Waals surface area contributed by atoms with Crippen LogP contribution in [0.4, 0.5) is 0 Å². The highest BCUT2D eigenvalue weighted by Crippen LogP contribution is 2.25. The van der Waals surface area contributed by atoms with Gasteiger partial charge >= 0.3 is 0 Å². The molecule has 33 heavy (non-hydrogen) atoms. The minimum atomic E-state index is -0.102. The van der Waals surface area contributed by atoms with Gasteiger partial charge in [-0.15, -0.1) is 0 Å². The van der Waals surface area contributed by atoms with Gasteiger partial charge in [0.25, 0.3) is 5.56 Å². The molecule has 0 saturated heterocycles. The number of nitrogens with zero attached hydrogens (tertiary/aromatic N) is 6. The average molecular weight is 439 g/mol. The normalized spacial score (nSPS) is 11.9. The van der Waals surface area contributed by atoms with Crippen molar-refractivity contribution in [3.8, 4) is 0 Å². The molecule has 5 aromatic rings. The third-order valence-electron chi connectivity index (χ3n) is 5.86. The monoisotopic (exact) mass is 438 g/mol. The van der Waals surface area contributed by atoms with E-state index in [-0.39, 0.29) is 5.56 Å². The van der Waals surface area contributed by atoms with E-state index >= 15 is 0 Å². The van der Waals surface area contributed by atoms with Crippen LogP contribution in [0, 0.1) is 6.92 Å². The lowest BCUT2D eigenvalue weighted by Gasteiger charge is -2.05. The van der Waals surface area contributed by atoms with Crippen molar-refractivity contribution >= 4 is 39.4 Å². The van der Waals surface area contributed by atoms with Gasteiger partial charge in [-0.05, 0) is 31.0 Å². The topological polar surface area (TPSA) is 78.0 Å². The number of fused-ring (bicyclic) bond motifs is 4. The van der Waals surface area contributed by atoms with Crippen LogP contribution in [0.15, 0.2) is 64.8 Å². The zero-order valence-corrected chi connectivity index (χ0v) is 18.9. The predicted molar refractivity (Wildman–Crippen MR) is 133 cm³/mol. The van der Waals surface area contributed by atoms with Crippen molar-refractivity contribution in [1.29, 1.82) is 0 Å². The van der Waals surface area contributed by atoms with Gasteiger partial charge in [0.15, 0.2) is 11.3 Å². The quantitative estimate of drug-likeness (QED) is 0.263. The molecule has 0 radical (unpaired) electrons. The van der Waals surface area contributed by atoms with Crippen molar-refractivity contribution in [2.45, 2.75) is 46.1 Å². The molecule has 0 unspecified atom stereocenters. The SMILES string of the molecule is CCCCCCn1cnc2c(c1=O)c1nc3ccccc3nc1n2N=Cc1ccc(C)cc1. The highest BCUT2D eigenvalue weighted by molar-refractivity contribution is 6.04. The van der Waals surface area contributed by atoms with Crippen LogP contribution < -0.4 is 5.56 Å². The van der Waals surface area contributed by atoms with Gasteiger partial charge in [-0.3, -0.25) is 9.36 Å². The highest BCUT2D eigenvalue weighted by atomic mass is 16.1. The lowest BCUT2D eigenvalue weighted by Crippen LogP contribution is -2.20. The van der Waals surface area contributed by atoms with Crippen molar-refractivity contribution < 1.29 is 0 Å². The molecule has 7 nitrogen and oxygen atoms in total. The Morgan fingerprint density at radius 2 is 1.70 bits per heavy atom. The van der Waals surface area contributed by atoms with Crippen molar-refractivity contribution in [3.05, 3.63) is 76.3 Å². The van der Waals surface area contributed by atoms with Crippen molar-refractivity contribution in [1.82, 2.24) is 24.2 Å². The Hall–Kier alpha value is -3.87. The van der Waals surface area contributed by atoms with Gasteiger partial charge in [0, 0.05) is 6.54 Å². The largest absolute Gasteiger partial charge is 0.299 e. The van der Waals surface area contributed by atoms with E-state index in [0.29, 0.717) is 28.7 Å². The van der Waals surface area contributed by atoms with Crippen LogP contribution in [-0.2, 0) is 6.54 Å². The van der Waals surface area contributed by atoms with Gasteiger partial charge in [-0.1, -0.05) is 68.1 Å². The van der Waals surface area contributed by atoms with Crippen molar-refractivity contribution in [3.63, 3.8) is 0 Å². The summed E-state index contributed by atoms with van der Waals surface area (Å²) in [7, 11) is 0. The summed E-state index contributed by atoms with van der Waals surface area (Å²) in [6, 6.07) is 15.7. The highest BCUT2D eigenvalue weighted by Gasteiger charge is 2.19. The molecular formula is C26H26N6O. The first-order chi connectivity index (χ1) is 16.2. The molecule has 0 atom stereocenters. The summed E-state index contributed by atoms with van der Waals surface area (Å²) in [5.74, 6) is 0. The maximum Gasteiger partial charge on any atom is 0.265 e. The third-order valence-corrected chi connectivity index (χ3v) is 5.86. The predicted octanol–water partition coefficient (Wildman–Crippen LogP) is 5.07. The summed E-state index contributed by atoms with van der Waals surface area (Å²) in [5.41, 5.74) is 5.05. The van der Waals surface area contributed by atoms with Gasteiger partial charge in [0.05, 0.1) is 23.6 Å². The van der Waals surface area contributed by atoms with Crippen LogP contribution in [0.2, 0.25) is 0 Å². The Balaban J connectivity index is 1.70. The molecule has 0 amide bonds. The molecule has 0 bridgehead atoms. The van der Waals surface area contributed by atoms with Crippen LogP contribution >= 0.6 is 0 Å². The Morgan fingerprint density at radius 3 is 2.45 bits per heavy atom. The number of aryl methyl sites for hydroxylation is 2. The Labute approximate surface area is 191 Å². The molecule has 0 aliphatic carbocycles. The standard InChI is InChI=1S/C26H26N6O/c1-3-4-5-8-15-31-17-27-24-22(26(31)33)23-25(30-21-10-7-6-9-20(21)29-23)32(24)28-16-19-13-11-18(2)12-14-19/h6-7,9-14,16-17H,3-5,8,15H2,1-2H3. The van der Waals surface area contributed by atoms with E-state index < -0.39 is 0 Å². The van der Waals surface area contributed by atoms with E-state index in [2.05, 4.69) is 17.0 Å². The molecule has 0 aliphatic heterocycles. The van der Waals surface area contributed by atoms with Crippen LogP contribution in [0.25, 0.3) is 33.2 Å². The molecule has 3 heterocycles. The van der Waals surface area contributed by atoms with E-state index in [1.54, 1.807) is 21.8 Å². The summed E-state index contributed by atoms with van der Waals surface area (Å²) in [5, 5.41) is 5.13. The second-order valence-corrected chi connectivity index (χ2v) is 8.35. The van der Waals surface area contributed by atoms with E-state index in [4.69, 9.17) is 9.97 Å². The number of unbranched alkanes of at least 4 members (excludes halogenated alkanes) is 3. The molecule has 7 heteroatoms. The van der Waals surface area contributed by atoms with Gasteiger partial charge in [0.1, 0.15) is 10.9 Å². The minimum absolute atomic E-state index is 0.102. The fourth-order valence-electron chi connectivity index (χ4n) is 4.01. The number of benzene rings is 2. The molecule has 0 saturated carbocycles. The summed E-state index contributed by atoms with van der Waals surface area (Å²) in [6.07, 6.45) is 7.73. The maximum atomic E-state index is 13.5. The first-order valence-electron chi connectivity index (χ1n) is 11.4. The van der Waals surface area contributed by atoms with Crippen molar-refractivity contribution in [2.24, 2.45) is 5.10 Å². The number of hydrogen-bond donors (Lipinski definition) is 0. The van der Waals surface area contributed by atoms with E-state index in [1.807, 2.05) is 55.5 Å². The van der Waals surface area contributed by atoms with E-state index in [1.165, 1.54) is 5.56 Å². The van der Waals surface area contributed by atoms with E-state index in [0.717, 1.165) is 42.3 Å². The zero-order valence-electron chi connectivity index (χ0n) is 18.9. The Kier molecular flexibility index (Phi) is 5.69. The van der Waals surface area contributed by atoms with Gasteiger partial charge < -0.3 is 0 Å². The van der Waals surface area contributed by atoms with E-state index in [9.17, 15) is 4.79 Å². The molecule has 3 aromatic heterocycles. The lowest BCUT2D eigenvalue weighted by atomic mass is 10.2. The Bertz CT molecular complexity index is 1530. The molecule has 0 spiro atoms. The average Bonchev–Trinajstić information content (AvgIpc) is 3.14. The second-order valence-electron chi connectivity index (χ2n) is 8.35. The molecule has 0 aliphatic rings. The van der Waals surface area contributed by atoms with Gasteiger partial charge in [-0.2, -0.15) is 9.78 Å². The molecule has 0 fully saturated rings. The fourth-order valence-corrected chi connectivity index (χ4v) is 4.01. The molecule has 166 valence electrons. The first-order valence-corrected chi connectivity index (χ1v) is 11.4. The number of aromatic nitrogens is 5. The van der Waals surface area contributed by atoms with Gasteiger partial charge in [0.2, 0.25) is 0 Å². The van der Waals surface area contributed by atoms with Crippen LogP contribution in [0.3, 0.4) is 0 Å². The number of rotatable bonds is 7. The summed E-state index contributed by atoms with van der Waals surface area (Å²) < 4.78 is 3.31. The smallest absolute Gasteiger partial charge is 0.265 e. The summed E-state index contributed by atoms with van der Waals surface area (Å²) in [4.78, 5) is 27.7. The first kappa shape index (κ1) is 21.0. The molecule has 0 N–H and O–H groups in total. The fraction of sp³-hybridized carbons (Fsp3) is 0.269. The molecular weight excluding hydrogens is 412 g/mol. The summed E-state index contributed by atoms with van der Waals surface area (Å²) in [6.45, 7) is 4.86. The second kappa shape index (κ2) is 8.94. The minimum Gasteiger partial charge on any atom is -0.299 e. The molecule has 5 rings (SSSR count). The van der Waals surface area contributed by atoms with Crippen molar-refractivity contribution in [2.75, 3.05) is 0 Å². The van der Waals surface area contributed by atoms with Crippen LogP contribution in [0.5, 0.6) is 0 Å². The zero-order chi connectivity index (χ0) is 22.8. The Morgan fingerprint density at radius 1 is 0.939 bits per heavy atom. The number of hydrogen-bond acceptors (Lipinski definition) is 5.